The summed E-state index contributed by atoms with van der Waals surface area (Å²) in [6.45, 7) is 2.27. The number of carbonyl (C=O) groups is 1. The van der Waals surface area contributed by atoms with E-state index in [-0.39, 0.29) is 24.1 Å². The highest BCUT2D eigenvalue weighted by Gasteiger charge is 2.30. The van der Waals surface area contributed by atoms with Crippen molar-refractivity contribution in [1.29, 1.82) is 0 Å². The van der Waals surface area contributed by atoms with Gasteiger partial charge in [-0.3, -0.25) is 4.79 Å². The summed E-state index contributed by atoms with van der Waals surface area (Å²) in [6, 6.07) is 13.9. The van der Waals surface area contributed by atoms with Crippen LogP contribution in [0, 0.1) is 0 Å². The molecule has 0 N–H and O–H groups in total. The normalized spacial score (nSPS) is 14.3. The molecule has 0 unspecified atom stereocenters. The van der Waals surface area contributed by atoms with Crippen LogP contribution in [0.2, 0.25) is 0 Å². The van der Waals surface area contributed by atoms with Crippen molar-refractivity contribution in [1.82, 2.24) is 14.7 Å². The number of para-hydroxylation sites is 2. The zero-order valence-corrected chi connectivity index (χ0v) is 18.0. The van der Waals surface area contributed by atoms with Crippen LogP contribution < -0.4 is 14.4 Å². The fourth-order valence-corrected chi connectivity index (χ4v) is 3.65. The van der Waals surface area contributed by atoms with Gasteiger partial charge in [0.1, 0.15) is 11.5 Å². The van der Waals surface area contributed by atoms with Gasteiger partial charge in [-0.2, -0.15) is 18.3 Å². The topological polar surface area (TPSA) is 59.8 Å². The SMILES string of the molecule is COc1ccccc1N1CCN(C(=O)c2ccn(COc3cccc(C(F)(F)F)c3)n2)CC1. The highest BCUT2D eigenvalue weighted by atomic mass is 19.4. The highest BCUT2D eigenvalue weighted by Crippen LogP contribution is 2.31. The van der Waals surface area contributed by atoms with Crippen molar-refractivity contribution in [2.75, 3.05) is 38.2 Å². The number of halogens is 3. The van der Waals surface area contributed by atoms with Crippen LogP contribution in [0.5, 0.6) is 11.5 Å². The van der Waals surface area contributed by atoms with Crippen molar-refractivity contribution in [3.63, 3.8) is 0 Å². The molecule has 1 fully saturated rings. The van der Waals surface area contributed by atoms with E-state index in [9.17, 15) is 18.0 Å². The number of hydrogen-bond donors (Lipinski definition) is 0. The van der Waals surface area contributed by atoms with E-state index in [0.29, 0.717) is 26.2 Å². The number of aromatic nitrogens is 2. The molecular weight excluding hydrogens is 437 g/mol. The fraction of sp³-hybridized carbons (Fsp3) is 0.304. The zero-order valence-electron chi connectivity index (χ0n) is 18.0. The lowest BCUT2D eigenvalue weighted by Crippen LogP contribution is -2.49. The lowest BCUT2D eigenvalue weighted by atomic mass is 10.2. The van der Waals surface area contributed by atoms with E-state index >= 15 is 0 Å². The van der Waals surface area contributed by atoms with Gasteiger partial charge in [0.05, 0.1) is 18.4 Å². The number of carbonyl (C=O) groups excluding carboxylic acids is 1. The van der Waals surface area contributed by atoms with Gasteiger partial charge in [-0.1, -0.05) is 18.2 Å². The molecule has 0 saturated carbocycles. The van der Waals surface area contributed by atoms with E-state index in [2.05, 4.69) is 10.00 Å². The Hall–Kier alpha value is -3.69. The van der Waals surface area contributed by atoms with Crippen molar-refractivity contribution >= 4 is 11.6 Å². The number of amides is 1. The average molecular weight is 460 g/mol. The van der Waals surface area contributed by atoms with Crippen LogP contribution >= 0.6 is 0 Å². The van der Waals surface area contributed by atoms with Crippen LogP contribution in [0.15, 0.2) is 60.8 Å². The first-order valence-corrected chi connectivity index (χ1v) is 10.4. The van der Waals surface area contributed by atoms with E-state index in [1.807, 2.05) is 24.3 Å². The summed E-state index contributed by atoms with van der Waals surface area (Å²) in [5, 5.41) is 4.22. The van der Waals surface area contributed by atoms with Crippen LogP contribution in [0.3, 0.4) is 0 Å². The van der Waals surface area contributed by atoms with Gasteiger partial charge < -0.3 is 19.3 Å². The molecule has 10 heteroatoms. The molecule has 4 rings (SSSR count). The fourth-order valence-electron chi connectivity index (χ4n) is 3.65. The molecule has 0 spiro atoms. The average Bonchev–Trinajstić information content (AvgIpc) is 3.31. The number of rotatable bonds is 6. The third kappa shape index (κ3) is 5.21. The molecule has 0 atom stereocenters. The number of nitrogens with zero attached hydrogens (tertiary/aromatic N) is 4. The quantitative estimate of drug-likeness (QED) is 0.558. The summed E-state index contributed by atoms with van der Waals surface area (Å²) in [4.78, 5) is 16.7. The minimum Gasteiger partial charge on any atom is -0.495 e. The van der Waals surface area contributed by atoms with Gasteiger partial charge in [0.15, 0.2) is 12.4 Å². The van der Waals surface area contributed by atoms with Crippen LogP contribution in [-0.2, 0) is 12.9 Å². The molecule has 1 amide bonds. The Morgan fingerprint density at radius 2 is 1.79 bits per heavy atom. The van der Waals surface area contributed by atoms with Crippen molar-refractivity contribution < 1.29 is 27.4 Å². The number of alkyl halides is 3. The summed E-state index contributed by atoms with van der Waals surface area (Å²) in [5.41, 5.74) is 0.458. The van der Waals surface area contributed by atoms with Crippen molar-refractivity contribution in [2.24, 2.45) is 0 Å². The van der Waals surface area contributed by atoms with Gasteiger partial charge in [-0.15, -0.1) is 0 Å². The number of ether oxygens (including phenoxy) is 2. The van der Waals surface area contributed by atoms with Crippen LogP contribution in [-0.4, -0.2) is 53.9 Å². The molecule has 0 radical (unpaired) electrons. The van der Waals surface area contributed by atoms with Crippen molar-refractivity contribution in [2.45, 2.75) is 12.9 Å². The van der Waals surface area contributed by atoms with Gasteiger partial charge >= 0.3 is 6.18 Å². The summed E-state index contributed by atoms with van der Waals surface area (Å²) in [7, 11) is 1.63. The maximum absolute atomic E-state index is 12.8. The molecule has 3 aromatic rings. The Kier molecular flexibility index (Phi) is 6.43. The van der Waals surface area contributed by atoms with E-state index in [1.165, 1.54) is 16.8 Å². The van der Waals surface area contributed by atoms with Gasteiger partial charge in [0.25, 0.3) is 5.91 Å². The first-order valence-electron chi connectivity index (χ1n) is 10.4. The molecule has 33 heavy (non-hydrogen) atoms. The van der Waals surface area contributed by atoms with E-state index in [4.69, 9.17) is 9.47 Å². The van der Waals surface area contributed by atoms with Crippen molar-refractivity contribution in [3.8, 4) is 11.5 Å². The number of anilines is 1. The van der Waals surface area contributed by atoms with Crippen LogP contribution in [0.25, 0.3) is 0 Å². The molecule has 174 valence electrons. The third-order valence-electron chi connectivity index (χ3n) is 5.38. The van der Waals surface area contributed by atoms with E-state index in [1.54, 1.807) is 24.3 Å². The van der Waals surface area contributed by atoms with Crippen LogP contribution in [0.1, 0.15) is 16.1 Å². The molecule has 0 bridgehead atoms. The van der Waals surface area contributed by atoms with Gasteiger partial charge in [-0.25, -0.2) is 4.68 Å². The minimum absolute atomic E-state index is 0.0701. The monoisotopic (exact) mass is 460 g/mol. The van der Waals surface area contributed by atoms with E-state index < -0.39 is 11.7 Å². The second kappa shape index (κ2) is 9.43. The lowest BCUT2D eigenvalue weighted by molar-refractivity contribution is -0.137. The zero-order chi connectivity index (χ0) is 23.4. The molecule has 7 nitrogen and oxygen atoms in total. The first-order chi connectivity index (χ1) is 15.8. The molecule has 1 aromatic heterocycles. The molecular formula is C23H23F3N4O3. The molecule has 1 saturated heterocycles. The lowest BCUT2D eigenvalue weighted by Gasteiger charge is -2.36. The molecule has 1 aliphatic heterocycles. The summed E-state index contributed by atoms with van der Waals surface area (Å²) < 4.78 is 50.7. The second-order valence-corrected chi connectivity index (χ2v) is 7.49. The Bertz CT molecular complexity index is 1110. The Balaban J connectivity index is 1.33. The maximum Gasteiger partial charge on any atom is 0.416 e. The number of methoxy groups -OCH3 is 1. The standard InChI is InChI=1S/C23H23F3N4O3/c1-32-21-8-3-2-7-20(21)28-11-13-29(14-12-28)22(31)19-9-10-30(27-19)16-33-18-6-4-5-17(15-18)23(24,25)26/h2-10,15H,11-14,16H2,1H3. The predicted octanol–water partition coefficient (Wildman–Crippen LogP) is 3.91. The highest BCUT2D eigenvalue weighted by molar-refractivity contribution is 5.92. The summed E-state index contributed by atoms with van der Waals surface area (Å²) in [5.74, 6) is 0.657. The Morgan fingerprint density at radius 3 is 2.52 bits per heavy atom. The summed E-state index contributed by atoms with van der Waals surface area (Å²) in [6.07, 6.45) is -2.88. The Labute approximate surface area is 188 Å². The van der Waals surface area contributed by atoms with Gasteiger partial charge in [0, 0.05) is 32.4 Å². The van der Waals surface area contributed by atoms with Gasteiger partial charge in [-0.05, 0) is 36.4 Å². The van der Waals surface area contributed by atoms with Gasteiger partial charge in [0.2, 0.25) is 0 Å². The third-order valence-corrected chi connectivity index (χ3v) is 5.38. The van der Waals surface area contributed by atoms with Crippen molar-refractivity contribution in [3.05, 3.63) is 72.1 Å². The van der Waals surface area contributed by atoms with Crippen LogP contribution in [0.4, 0.5) is 18.9 Å². The smallest absolute Gasteiger partial charge is 0.416 e. The molecule has 0 aliphatic carbocycles. The number of hydrogen-bond acceptors (Lipinski definition) is 5. The molecule has 2 aromatic carbocycles. The predicted molar refractivity (Wildman–Crippen MR) is 115 cm³/mol. The van der Waals surface area contributed by atoms with E-state index in [0.717, 1.165) is 23.6 Å². The minimum atomic E-state index is -4.44. The number of benzene rings is 2. The molecule has 2 heterocycles. The maximum atomic E-state index is 12.8. The first kappa shape index (κ1) is 22.5. The Morgan fingerprint density at radius 1 is 1.03 bits per heavy atom. The molecule has 1 aliphatic rings. The number of piperazine rings is 1. The summed E-state index contributed by atoms with van der Waals surface area (Å²) >= 11 is 0. The largest absolute Gasteiger partial charge is 0.495 e. The second-order valence-electron chi connectivity index (χ2n) is 7.49.